The number of para-hydroxylation sites is 1. The number of nitrogens with zero attached hydrogens (tertiary/aromatic N) is 3. The molecule has 2 aromatic heterocycles. The number of amides is 1. The molecule has 5 rings (SSSR count). The van der Waals surface area contributed by atoms with Crippen molar-refractivity contribution in [2.24, 2.45) is 0 Å². The van der Waals surface area contributed by atoms with E-state index in [1.165, 1.54) is 6.42 Å². The molecule has 0 bridgehead atoms. The summed E-state index contributed by atoms with van der Waals surface area (Å²) in [6, 6.07) is 7.96. The second kappa shape index (κ2) is 6.76. The van der Waals surface area contributed by atoms with Crippen molar-refractivity contribution in [1.29, 1.82) is 0 Å². The Morgan fingerprint density at radius 1 is 1.21 bits per heavy atom. The molecule has 3 heterocycles. The summed E-state index contributed by atoms with van der Waals surface area (Å²) in [6.45, 7) is 3.02. The van der Waals surface area contributed by atoms with Gasteiger partial charge >= 0.3 is 0 Å². The van der Waals surface area contributed by atoms with E-state index in [1.54, 1.807) is 0 Å². The average Bonchev–Trinajstić information content (AvgIpc) is 3.27. The zero-order valence-electron chi connectivity index (χ0n) is 16.3. The SMILES string of the molecule is CCc1oc2ccccc2c1CC(=O)NC1(c2nnc3n2CCCC3)CCC1. The summed E-state index contributed by atoms with van der Waals surface area (Å²) in [5.41, 5.74) is 1.51. The van der Waals surface area contributed by atoms with Gasteiger partial charge in [-0.25, -0.2) is 0 Å². The summed E-state index contributed by atoms with van der Waals surface area (Å²) in [7, 11) is 0. The third-order valence-electron chi connectivity index (χ3n) is 6.31. The van der Waals surface area contributed by atoms with Gasteiger partial charge in [-0.15, -0.1) is 10.2 Å². The molecule has 0 spiro atoms. The molecule has 1 aliphatic heterocycles. The Bertz CT molecular complexity index is 1030. The molecule has 1 amide bonds. The summed E-state index contributed by atoms with van der Waals surface area (Å²) < 4.78 is 8.20. The van der Waals surface area contributed by atoms with Crippen LogP contribution in [0, 0.1) is 0 Å². The fraction of sp³-hybridized carbons (Fsp3) is 0.500. The molecule has 0 saturated heterocycles. The first-order valence-electron chi connectivity index (χ1n) is 10.4. The molecule has 3 aromatic rings. The van der Waals surface area contributed by atoms with Crippen LogP contribution in [0.2, 0.25) is 0 Å². The Morgan fingerprint density at radius 2 is 2.07 bits per heavy atom. The van der Waals surface area contributed by atoms with Crippen LogP contribution in [0.1, 0.15) is 62.0 Å². The highest BCUT2D eigenvalue weighted by Crippen LogP contribution is 2.41. The standard InChI is InChI=1S/C22H26N4O2/c1-2-17-16(15-8-3-4-9-18(15)28-17)14-20(27)23-22(11-7-12-22)21-25-24-19-10-5-6-13-26(19)21/h3-4,8-9H,2,5-7,10-14H2,1H3,(H,23,27). The Kier molecular flexibility index (Phi) is 4.22. The minimum absolute atomic E-state index is 0.0362. The van der Waals surface area contributed by atoms with Gasteiger partial charge in [0, 0.05) is 30.3 Å². The second-order valence-corrected chi connectivity index (χ2v) is 8.06. The van der Waals surface area contributed by atoms with E-state index in [1.807, 2.05) is 24.3 Å². The van der Waals surface area contributed by atoms with Gasteiger partial charge in [-0.3, -0.25) is 4.79 Å². The highest BCUT2D eigenvalue weighted by Gasteiger charge is 2.45. The molecule has 146 valence electrons. The van der Waals surface area contributed by atoms with Crippen LogP contribution in [0.25, 0.3) is 11.0 Å². The molecule has 1 aromatic carbocycles. The molecule has 28 heavy (non-hydrogen) atoms. The summed E-state index contributed by atoms with van der Waals surface area (Å²) in [5, 5.41) is 13.3. The van der Waals surface area contributed by atoms with E-state index in [4.69, 9.17) is 4.42 Å². The maximum absolute atomic E-state index is 13.1. The molecule has 6 nitrogen and oxygen atoms in total. The maximum atomic E-state index is 13.1. The van der Waals surface area contributed by atoms with Crippen LogP contribution >= 0.6 is 0 Å². The molecular weight excluding hydrogens is 352 g/mol. The number of fused-ring (bicyclic) bond motifs is 2. The summed E-state index contributed by atoms with van der Waals surface area (Å²) in [6.07, 6.45) is 7.40. The van der Waals surface area contributed by atoms with Crippen LogP contribution in [-0.4, -0.2) is 20.7 Å². The number of hydrogen-bond donors (Lipinski definition) is 1. The van der Waals surface area contributed by atoms with Crippen molar-refractivity contribution in [2.75, 3.05) is 0 Å². The van der Waals surface area contributed by atoms with Gasteiger partial charge in [-0.2, -0.15) is 0 Å². The summed E-state index contributed by atoms with van der Waals surface area (Å²) >= 11 is 0. The lowest BCUT2D eigenvalue weighted by atomic mass is 9.75. The maximum Gasteiger partial charge on any atom is 0.225 e. The van der Waals surface area contributed by atoms with Crippen molar-refractivity contribution in [2.45, 2.75) is 70.4 Å². The molecule has 0 atom stereocenters. The van der Waals surface area contributed by atoms with E-state index in [0.717, 1.165) is 79.0 Å². The van der Waals surface area contributed by atoms with Crippen LogP contribution in [0.15, 0.2) is 28.7 Å². The van der Waals surface area contributed by atoms with Crippen LogP contribution in [-0.2, 0) is 36.1 Å². The quantitative estimate of drug-likeness (QED) is 0.735. The lowest BCUT2D eigenvalue weighted by molar-refractivity contribution is -0.123. The molecular formula is C22H26N4O2. The van der Waals surface area contributed by atoms with Crippen molar-refractivity contribution < 1.29 is 9.21 Å². The number of nitrogens with one attached hydrogen (secondary N) is 1. The third kappa shape index (κ3) is 2.74. The fourth-order valence-corrected chi connectivity index (χ4v) is 4.70. The van der Waals surface area contributed by atoms with E-state index >= 15 is 0 Å². The van der Waals surface area contributed by atoms with Crippen molar-refractivity contribution in [3.05, 3.63) is 47.2 Å². The Morgan fingerprint density at radius 3 is 2.86 bits per heavy atom. The Labute approximate surface area is 164 Å². The average molecular weight is 378 g/mol. The van der Waals surface area contributed by atoms with Crippen LogP contribution in [0.4, 0.5) is 0 Å². The monoisotopic (exact) mass is 378 g/mol. The van der Waals surface area contributed by atoms with Crippen molar-refractivity contribution >= 4 is 16.9 Å². The van der Waals surface area contributed by atoms with Crippen LogP contribution in [0.5, 0.6) is 0 Å². The van der Waals surface area contributed by atoms with Gasteiger partial charge in [0.1, 0.15) is 17.2 Å². The van der Waals surface area contributed by atoms with E-state index in [9.17, 15) is 4.79 Å². The first-order valence-corrected chi connectivity index (χ1v) is 10.4. The molecule has 6 heteroatoms. The third-order valence-corrected chi connectivity index (χ3v) is 6.31. The van der Waals surface area contributed by atoms with E-state index in [-0.39, 0.29) is 11.4 Å². The molecule has 2 aliphatic rings. The van der Waals surface area contributed by atoms with Gasteiger partial charge in [0.05, 0.1) is 12.0 Å². The van der Waals surface area contributed by atoms with Gasteiger partial charge in [0.25, 0.3) is 0 Å². The number of aromatic nitrogens is 3. The number of aryl methyl sites for hydroxylation is 2. The summed E-state index contributed by atoms with van der Waals surface area (Å²) in [5.74, 6) is 2.96. The first kappa shape index (κ1) is 17.5. The zero-order valence-corrected chi connectivity index (χ0v) is 16.3. The van der Waals surface area contributed by atoms with Crippen LogP contribution < -0.4 is 5.32 Å². The van der Waals surface area contributed by atoms with Crippen molar-refractivity contribution in [1.82, 2.24) is 20.1 Å². The molecule has 1 N–H and O–H groups in total. The zero-order chi connectivity index (χ0) is 19.1. The lowest BCUT2D eigenvalue weighted by Gasteiger charge is -2.42. The molecule has 1 saturated carbocycles. The highest BCUT2D eigenvalue weighted by atomic mass is 16.3. The highest BCUT2D eigenvalue weighted by molar-refractivity contribution is 5.89. The van der Waals surface area contributed by atoms with Gasteiger partial charge in [0.2, 0.25) is 5.91 Å². The molecule has 0 unspecified atom stereocenters. The number of benzene rings is 1. The molecule has 0 radical (unpaired) electrons. The topological polar surface area (TPSA) is 73.0 Å². The number of carbonyl (C=O) groups excluding carboxylic acids is 1. The minimum Gasteiger partial charge on any atom is -0.461 e. The molecule has 1 fully saturated rings. The van der Waals surface area contributed by atoms with Gasteiger partial charge in [-0.05, 0) is 38.2 Å². The normalized spacial score (nSPS) is 17.9. The van der Waals surface area contributed by atoms with Crippen LogP contribution in [0.3, 0.4) is 0 Å². The number of furan rings is 1. The second-order valence-electron chi connectivity index (χ2n) is 8.06. The van der Waals surface area contributed by atoms with E-state index < -0.39 is 0 Å². The predicted octanol–water partition coefficient (Wildman–Crippen LogP) is 3.66. The predicted molar refractivity (Wildman–Crippen MR) is 106 cm³/mol. The fourth-order valence-electron chi connectivity index (χ4n) is 4.70. The Hall–Kier alpha value is -2.63. The smallest absolute Gasteiger partial charge is 0.225 e. The number of hydrogen-bond acceptors (Lipinski definition) is 4. The van der Waals surface area contributed by atoms with Gasteiger partial charge in [0.15, 0.2) is 5.82 Å². The van der Waals surface area contributed by atoms with Crippen molar-refractivity contribution in [3.63, 3.8) is 0 Å². The van der Waals surface area contributed by atoms with Gasteiger partial charge < -0.3 is 14.3 Å². The first-order chi connectivity index (χ1) is 13.7. The largest absolute Gasteiger partial charge is 0.461 e. The van der Waals surface area contributed by atoms with E-state index in [0.29, 0.717) is 6.42 Å². The van der Waals surface area contributed by atoms with Crippen molar-refractivity contribution in [3.8, 4) is 0 Å². The number of rotatable bonds is 5. The minimum atomic E-state index is -0.356. The number of carbonyl (C=O) groups is 1. The van der Waals surface area contributed by atoms with Gasteiger partial charge in [-0.1, -0.05) is 25.1 Å². The lowest BCUT2D eigenvalue weighted by Crippen LogP contribution is -2.53. The van der Waals surface area contributed by atoms with E-state index in [2.05, 4.69) is 27.0 Å². The molecule has 1 aliphatic carbocycles. The summed E-state index contributed by atoms with van der Waals surface area (Å²) in [4.78, 5) is 13.1. The Balaban J connectivity index is 1.42.